The maximum atomic E-state index is 9.45. The molecule has 0 bridgehead atoms. The van der Waals surface area contributed by atoms with E-state index in [1.54, 1.807) is 12.3 Å². The van der Waals surface area contributed by atoms with Gasteiger partial charge < -0.3 is 5.73 Å². The van der Waals surface area contributed by atoms with Crippen LogP contribution in [0.1, 0.15) is 0 Å². The van der Waals surface area contributed by atoms with Crippen molar-refractivity contribution in [2.24, 2.45) is 0 Å². The monoisotopic (exact) mass is 206 g/mol. The Morgan fingerprint density at radius 1 is 1.58 bits per heavy atom. The normalized spacial score (nSPS) is 8.17. The van der Waals surface area contributed by atoms with E-state index in [0.717, 1.165) is 0 Å². The number of carbonyl (C=O) groups excluding carboxylic acids is 1. The van der Waals surface area contributed by atoms with Gasteiger partial charge in [0.1, 0.15) is 5.82 Å². The number of halogens is 2. The first-order valence-corrected chi connectivity index (χ1v) is 3.99. The standard InChI is InChI=1S/C5H6N2.C2H2Cl2O/c6-5-3-1-2-4-7-5;3-1-2(4)5/h1-4H,(H2,6,7);1H2. The molecule has 0 aliphatic heterocycles. The molecule has 2 N–H and O–H groups in total. The lowest BCUT2D eigenvalue weighted by Gasteiger charge is -1.82. The Bertz CT molecular complexity index is 228. The van der Waals surface area contributed by atoms with Crippen molar-refractivity contribution in [2.45, 2.75) is 0 Å². The Morgan fingerprint density at radius 2 is 2.17 bits per heavy atom. The maximum Gasteiger partial charge on any atom is 0.236 e. The Morgan fingerprint density at radius 3 is 2.33 bits per heavy atom. The van der Waals surface area contributed by atoms with Crippen LogP contribution in [0.15, 0.2) is 24.4 Å². The first-order chi connectivity index (χ1) is 5.66. The van der Waals surface area contributed by atoms with Crippen molar-refractivity contribution >= 4 is 34.3 Å². The molecule has 1 aromatic rings. The molecule has 3 nitrogen and oxygen atoms in total. The molecular formula is C7H8Cl2N2O. The van der Waals surface area contributed by atoms with Gasteiger partial charge in [-0.05, 0) is 23.7 Å². The number of nitrogen functional groups attached to an aromatic ring is 1. The third-order valence-corrected chi connectivity index (χ3v) is 1.31. The van der Waals surface area contributed by atoms with Crippen molar-refractivity contribution in [3.63, 3.8) is 0 Å². The van der Waals surface area contributed by atoms with Crippen molar-refractivity contribution in [3.8, 4) is 0 Å². The van der Waals surface area contributed by atoms with E-state index in [4.69, 9.17) is 28.9 Å². The van der Waals surface area contributed by atoms with Crippen molar-refractivity contribution < 1.29 is 4.79 Å². The topological polar surface area (TPSA) is 56.0 Å². The smallest absolute Gasteiger partial charge is 0.236 e. The van der Waals surface area contributed by atoms with Crippen LogP contribution in [0, 0.1) is 0 Å². The summed E-state index contributed by atoms with van der Waals surface area (Å²) in [6, 6.07) is 5.43. The SMILES string of the molecule is Nc1ccccn1.O=C(Cl)CCl. The molecule has 0 atom stereocenters. The largest absolute Gasteiger partial charge is 0.384 e. The molecule has 0 spiro atoms. The van der Waals surface area contributed by atoms with Gasteiger partial charge in [0.05, 0.1) is 5.88 Å². The summed E-state index contributed by atoms with van der Waals surface area (Å²) in [6.07, 6.45) is 1.66. The number of hydrogen-bond acceptors (Lipinski definition) is 3. The van der Waals surface area contributed by atoms with Crippen LogP contribution in [-0.4, -0.2) is 16.1 Å². The molecule has 1 rings (SSSR count). The molecule has 0 saturated heterocycles. The summed E-state index contributed by atoms with van der Waals surface area (Å²) in [7, 11) is 0. The fourth-order valence-electron chi connectivity index (χ4n) is 0.376. The van der Waals surface area contributed by atoms with Crippen LogP contribution < -0.4 is 5.73 Å². The van der Waals surface area contributed by atoms with E-state index in [2.05, 4.69) is 4.98 Å². The number of alkyl halides is 1. The van der Waals surface area contributed by atoms with Crippen molar-refractivity contribution in [3.05, 3.63) is 24.4 Å². The molecule has 0 saturated carbocycles. The van der Waals surface area contributed by atoms with Crippen LogP contribution in [0.5, 0.6) is 0 Å². The molecule has 0 amide bonds. The van der Waals surface area contributed by atoms with Crippen molar-refractivity contribution in [1.82, 2.24) is 4.98 Å². The number of carbonyl (C=O) groups is 1. The highest BCUT2D eigenvalue weighted by atomic mass is 35.5. The lowest BCUT2D eigenvalue weighted by atomic mass is 10.5. The van der Waals surface area contributed by atoms with Crippen molar-refractivity contribution in [1.29, 1.82) is 0 Å². The summed E-state index contributed by atoms with van der Waals surface area (Å²) in [4.78, 5) is 13.2. The molecule has 0 aliphatic rings. The molecule has 0 aromatic carbocycles. The zero-order valence-corrected chi connectivity index (χ0v) is 7.72. The number of pyridine rings is 1. The lowest BCUT2D eigenvalue weighted by Crippen LogP contribution is -1.85. The molecule has 66 valence electrons. The quantitative estimate of drug-likeness (QED) is 0.562. The third-order valence-electron chi connectivity index (χ3n) is 0.793. The van der Waals surface area contributed by atoms with Gasteiger partial charge in [-0.1, -0.05) is 6.07 Å². The van der Waals surface area contributed by atoms with E-state index in [0.29, 0.717) is 5.82 Å². The van der Waals surface area contributed by atoms with Crippen LogP contribution in [0.25, 0.3) is 0 Å². The molecule has 5 heteroatoms. The summed E-state index contributed by atoms with van der Waals surface area (Å²) in [5, 5.41) is -0.508. The molecule has 0 aliphatic carbocycles. The Hall–Kier alpha value is -0.800. The van der Waals surface area contributed by atoms with Gasteiger partial charge in [0.2, 0.25) is 5.24 Å². The molecule has 12 heavy (non-hydrogen) atoms. The molecule has 0 fully saturated rings. The summed E-state index contributed by atoms with van der Waals surface area (Å²) >= 11 is 9.55. The van der Waals surface area contributed by atoms with Crippen LogP contribution in [0.2, 0.25) is 0 Å². The zero-order chi connectivity index (χ0) is 9.40. The van der Waals surface area contributed by atoms with E-state index in [1.165, 1.54) is 0 Å². The van der Waals surface area contributed by atoms with Gasteiger partial charge in [0.15, 0.2) is 0 Å². The first-order valence-electron chi connectivity index (χ1n) is 3.07. The fraction of sp³-hybridized carbons (Fsp3) is 0.143. The number of nitrogens with two attached hydrogens (primary N) is 1. The minimum Gasteiger partial charge on any atom is -0.384 e. The van der Waals surface area contributed by atoms with Crippen LogP contribution in [0.3, 0.4) is 0 Å². The minimum atomic E-state index is -0.508. The predicted octanol–water partition coefficient (Wildman–Crippen LogP) is 1.65. The molecule has 0 unspecified atom stereocenters. The van der Waals surface area contributed by atoms with Gasteiger partial charge in [-0.25, -0.2) is 4.98 Å². The van der Waals surface area contributed by atoms with Gasteiger partial charge in [-0.2, -0.15) is 0 Å². The second-order valence-electron chi connectivity index (χ2n) is 1.74. The average Bonchev–Trinajstić information content (AvgIpc) is 2.07. The van der Waals surface area contributed by atoms with Gasteiger partial charge in [0.25, 0.3) is 0 Å². The highest BCUT2D eigenvalue weighted by Crippen LogP contribution is 1.89. The summed E-state index contributed by atoms with van der Waals surface area (Å²) in [6.45, 7) is 0. The number of hydrogen-bond donors (Lipinski definition) is 1. The third kappa shape index (κ3) is 7.31. The van der Waals surface area contributed by atoms with Crippen LogP contribution >= 0.6 is 23.2 Å². The summed E-state index contributed by atoms with van der Waals surface area (Å²) in [5.74, 6) is 0.476. The van der Waals surface area contributed by atoms with Gasteiger partial charge in [0, 0.05) is 6.20 Å². The lowest BCUT2D eigenvalue weighted by molar-refractivity contribution is -0.109. The second-order valence-corrected chi connectivity index (χ2v) is 2.43. The highest BCUT2D eigenvalue weighted by molar-refractivity contribution is 6.67. The van der Waals surface area contributed by atoms with Gasteiger partial charge in [-0.15, -0.1) is 11.6 Å². The second kappa shape index (κ2) is 6.88. The first kappa shape index (κ1) is 11.2. The number of aromatic nitrogens is 1. The highest BCUT2D eigenvalue weighted by Gasteiger charge is 1.83. The fourth-order valence-corrected chi connectivity index (χ4v) is 0.376. The van der Waals surface area contributed by atoms with E-state index < -0.39 is 5.24 Å². The van der Waals surface area contributed by atoms with Crippen LogP contribution in [-0.2, 0) is 4.79 Å². The molecule has 1 heterocycles. The summed E-state index contributed by atoms with van der Waals surface area (Å²) < 4.78 is 0. The molecule has 0 radical (unpaired) electrons. The van der Waals surface area contributed by atoms with Crippen molar-refractivity contribution in [2.75, 3.05) is 11.6 Å². The Balaban J connectivity index is 0.000000217. The van der Waals surface area contributed by atoms with E-state index in [1.807, 2.05) is 12.1 Å². The average molecular weight is 207 g/mol. The Kier molecular flexibility index (Phi) is 6.42. The van der Waals surface area contributed by atoms with Crippen LogP contribution in [0.4, 0.5) is 5.82 Å². The summed E-state index contributed by atoms with van der Waals surface area (Å²) in [5.41, 5.74) is 5.25. The molecular weight excluding hydrogens is 199 g/mol. The maximum absolute atomic E-state index is 9.45. The predicted molar refractivity (Wildman–Crippen MR) is 50.2 cm³/mol. The van der Waals surface area contributed by atoms with Gasteiger partial charge >= 0.3 is 0 Å². The zero-order valence-electron chi connectivity index (χ0n) is 6.21. The Labute approximate surface area is 80.5 Å². The number of rotatable bonds is 1. The van der Waals surface area contributed by atoms with E-state index >= 15 is 0 Å². The van der Waals surface area contributed by atoms with E-state index in [9.17, 15) is 4.79 Å². The number of nitrogens with zero attached hydrogens (tertiary/aromatic N) is 1. The molecule has 1 aromatic heterocycles. The minimum absolute atomic E-state index is 0.0957. The number of anilines is 1. The van der Waals surface area contributed by atoms with E-state index in [-0.39, 0.29) is 5.88 Å². The van der Waals surface area contributed by atoms with Gasteiger partial charge in [-0.3, -0.25) is 4.79 Å².